The van der Waals surface area contributed by atoms with Crippen LogP contribution in [0.3, 0.4) is 0 Å². The Morgan fingerprint density at radius 2 is 1.94 bits per heavy atom. The molecule has 0 saturated carbocycles. The maximum Gasteiger partial charge on any atom is 0.00503 e. The third kappa shape index (κ3) is 3.45. The lowest BCUT2D eigenvalue weighted by Crippen LogP contribution is -2.50. The Hall–Kier alpha value is -0.0800. The normalized spacial score (nSPS) is 40.4. The van der Waals surface area contributed by atoms with Gasteiger partial charge in [0.05, 0.1) is 0 Å². The fourth-order valence-corrected chi connectivity index (χ4v) is 3.97. The Kier molecular flexibility index (Phi) is 4.48. The summed E-state index contributed by atoms with van der Waals surface area (Å²) in [5, 5.41) is 3.61. The molecule has 0 radical (unpaired) electrons. The average molecular weight is 238 g/mol. The van der Waals surface area contributed by atoms with Gasteiger partial charge in [0.15, 0.2) is 0 Å². The van der Waals surface area contributed by atoms with E-state index in [-0.39, 0.29) is 0 Å². The van der Waals surface area contributed by atoms with E-state index in [4.69, 9.17) is 0 Å². The molecule has 0 aromatic rings. The van der Waals surface area contributed by atoms with Crippen LogP contribution < -0.4 is 5.32 Å². The van der Waals surface area contributed by atoms with E-state index in [1.165, 1.54) is 58.4 Å². The van der Waals surface area contributed by atoms with E-state index in [1.54, 1.807) is 0 Å². The molecule has 3 unspecified atom stereocenters. The van der Waals surface area contributed by atoms with E-state index < -0.39 is 0 Å². The summed E-state index contributed by atoms with van der Waals surface area (Å²) in [4.78, 5) is 2.75. The first-order chi connectivity index (χ1) is 8.13. The highest BCUT2D eigenvalue weighted by Gasteiger charge is 2.34. The lowest BCUT2D eigenvalue weighted by Gasteiger charge is -2.44. The van der Waals surface area contributed by atoms with Gasteiger partial charge in [-0.1, -0.05) is 20.8 Å². The molecule has 3 atom stereocenters. The van der Waals surface area contributed by atoms with Gasteiger partial charge < -0.3 is 10.2 Å². The maximum atomic E-state index is 3.61. The largest absolute Gasteiger partial charge is 0.316 e. The Balaban J connectivity index is 1.93. The number of piperidine rings is 2. The summed E-state index contributed by atoms with van der Waals surface area (Å²) in [6, 6.07) is 0. The van der Waals surface area contributed by atoms with Gasteiger partial charge in [-0.25, -0.2) is 0 Å². The lowest BCUT2D eigenvalue weighted by atomic mass is 9.77. The predicted molar refractivity (Wildman–Crippen MR) is 74.2 cm³/mol. The van der Waals surface area contributed by atoms with Crippen LogP contribution >= 0.6 is 0 Å². The molecular formula is C15H30N2. The molecule has 0 bridgehead atoms. The monoisotopic (exact) mass is 238 g/mol. The molecule has 0 spiro atoms. The summed E-state index contributed by atoms with van der Waals surface area (Å²) in [5.41, 5.74) is 0.565. The van der Waals surface area contributed by atoms with Gasteiger partial charge in [-0.05, 0) is 49.5 Å². The summed E-state index contributed by atoms with van der Waals surface area (Å²) in [5.74, 6) is 1.79. The molecule has 100 valence electrons. The molecule has 2 nitrogen and oxygen atoms in total. The first kappa shape index (κ1) is 13.4. The zero-order valence-corrected chi connectivity index (χ0v) is 12.0. The van der Waals surface area contributed by atoms with Crippen molar-refractivity contribution in [3.63, 3.8) is 0 Å². The van der Waals surface area contributed by atoms with Crippen molar-refractivity contribution >= 4 is 0 Å². The van der Waals surface area contributed by atoms with Crippen LogP contribution in [-0.2, 0) is 0 Å². The van der Waals surface area contributed by atoms with Gasteiger partial charge in [-0.3, -0.25) is 0 Å². The van der Waals surface area contributed by atoms with E-state index >= 15 is 0 Å². The first-order valence-electron chi connectivity index (χ1n) is 7.56. The van der Waals surface area contributed by atoms with Crippen molar-refractivity contribution in [2.75, 3.05) is 32.7 Å². The molecule has 2 aliphatic heterocycles. The number of rotatable bonds is 3. The van der Waals surface area contributed by atoms with Crippen molar-refractivity contribution in [3.8, 4) is 0 Å². The SMILES string of the molecule is CCC1(CN2CC(C)CC(C)C2)CCCNC1. The Labute approximate surface area is 107 Å². The fourth-order valence-electron chi connectivity index (χ4n) is 3.97. The molecule has 17 heavy (non-hydrogen) atoms. The number of hydrogen-bond acceptors (Lipinski definition) is 2. The fraction of sp³-hybridized carbons (Fsp3) is 1.00. The number of nitrogens with one attached hydrogen (secondary N) is 1. The minimum absolute atomic E-state index is 0.565. The standard InChI is InChI=1S/C15H30N2/c1-4-15(6-5-7-16-11-15)12-17-9-13(2)8-14(3)10-17/h13-14,16H,4-12H2,1-3H3. The third-order valence-corrected chi connectivity index (χ3v) is 4.81. The van der Waals surface area contributed by atoms with Gasteiger partial charge in [0.25, 0.3) is 0 Å². The second-order valence-corrected chi connectivity index (χ2v) is 6.77. The zero-order chi connectivity index (χ0) is 12.3. The van der Waals surface area contributed by atoms with Crippen molar-refractivity contribution in [1.82, 2.24) is 10.2 Å². The first-order valence-corrected chi connectivity index (χ1v) is 7.56. The van der Waals surface area contributed by atoms with Crippen LogP contribution in [0.4, 0.5) is 0 Å². The number of likely N-dealkylation sites (tertiary alicyclic amines) is 1. The number of nitrogens with zero attached hydrogens (tertiary/aromatic N) is 1. The highest BCUT2D eigenvalue weighted by Crippen LogP contribution is 2.33. The van der Waals surface area contributed by atoms with Crippen molar-refractivity contribution in [2.45, 2.75) is 46.5 Å². The second kappa shape index (κ2) is 5.71. The molecule has 0 aliphatic carbocycles. The van der Waals surface area contributed by atoms with Gasteiger partial charge in [0.2, 0.25) is 0 Å². The van der Waals surface area contributed by atoms with Gasteiger partial charge in [-0.15, -0.1) is 0 Å². The average Bonchev–Trinajstić information content (AvgIpc) is 2.29. The molecule has 0 aromatic heterocycles. The minimum Gasteiger partial charge on any atom is -0.316 e. The van der Waals surface area contributed by atoms with E-state index in [2.05, 4.69) is 31.0 Å². The van der Waals surface area contributed by atoms with Crippen LogP contribution in [-0.4, -0.2) is 37.6 Å². The molecule has 2 saturated heterocycles. The molecule has 2 heterocycles. The van der Waals surface area contributed by atoms with Gasteiger partial charge in [0.1, 0.15) is 0 Å². The molecule has 2 heteroatoms. The molecule has 2 fully saturated rings. The molecule has 1 N–H and O–H groups in total. The van der Waals surface area contributed by atoms with Gasteiger partial charge >= 0.3 is 0 Å². The summed E-state index contributed by atoms with van der Waals surface area (Å²) < 4.78 is 0. The Morgan fingerprint density at radius 3 is 2.47 bits per heavy atom. The molecule has 2 aliphatic rings. The second-order valence-electron chi connectivity index (χ2n) is 6.77. The smallest absolute Gasteiger partial charge is 0.00503 e. The van der Waals surface area contributed by atoms with Crippen LogP contribution in [0.15, 0.2) is 0 Å². The Morgan fingerprint density at radius 1 is 1.24 bits per heavy atom. The van der Waals surface area contributed by atoms with E-state index in [1.807, 2.05) is 0 Å². The molecular weight excluding hydrogens is 208 g/mol. The summed E-state index contributed by atoms with van der Waals surface area (Å²) >= 11 is 0. The topological polar surface area (TPSA) is 15.3 Å². The summed E-state index contributed by atoms with van der Waals surface area (Å²) in [7, 11) is 0. The van der Waals surface area contributed by atoms with E-state index in [0.29, 0.717) is 5.41 Å². The molecule has 0 amide bonds. The highest BCUT2D eigenvalue weighted by molar-refractivity contribution is 4.89. The van der Waals surface area contributed by atoms with Crippen molar-refractivity contribution < 1.29 is 0 Å². The Bertz CT molecular complexity index is 223. The maximum absolute atomic E-state index is 3.61. The summed E-state index contributed by atoms with van der Waals surface area (Å²) in [6.45, 7) is 13.7. The molecule has 0 aromatic carbocycles. The predicted octanol–water partition coefficient (Wildman–Crippen LogP) is 2.74. The summed E-state index contributed by atoms with van der Waals surface area (Å²) in [6.07, 6.45) is 5.55. The van der Waals surface area contributed by atoms with Crippen LogP contribution in [0.2, 0.25) is 0 Å². The zero-order valence-electron chi connectivity index (χ0n) is 12.0. The number of hydrogen-bond donors (Lipinski definition) is 1. The highest BCUT2D eigenvalue weighted by atomic mass is 15.1. The van der Waals surface area contributed by atoms with Crippen LogP contribution in [0, 0.1) is 17.3 Å². The van der Waals surface area contributed by atoms with Crippen molar-refractivity contribution in [3.05, 3.63) is 0 Å². The third-order valence-electron chi connectivity index (χ3n) is 4.81. The molecule has 2 rings (SSSR count). The van der Waals surface area contributed by atoms with Crippen molar-refractivity contribution in [2.24, 2.45) is 17.3 Å². The van der Waals surface area contributed by atoms with Gasteiger partial charge in [0, 0.05) is 26.2 Å². The van der Waals surface area contributed by atoms with Crippen LogP contribution in [0.25, 0.3) is 0 Å². The van der Waals surface area contributed by atoms with Crippen LogP contribution in [0.1, 0.15) is 46.5 Å². The quantitative estimate of drug-likeness (QED) is 0.813. The lowest BCUT2D eigenvalue weighted by molar-refractivity contribution is 0.0638. The van der Waals surface area contributed by atoms with Gasteiger partial charge in [-0.2, -0.15) is 0 Å². The van der Waals surface area contributed by atoms with E-state index in [0.717, 1.165) is 11.8 Å². The minimum atomic E-state index is 0.565. The van der Waals surface area contributed by atoms with Crippen molar-refractivity contribution in [1.29, 1.82) is 0 Å². The van der Waals surface area contributed by atoms with Crippen LogP contribution in [0.5, 0.6) is 0 Å². The van der Waals surface area contributed by atoms with E-state index in [9.17, 15) is 0 Å².